The minimum absolute atomic E-state index is 0.114. The normalized spacial score (nSPS) is 14.7. The Morgan fingerprint density at radius 3 is 2.02 bits per heavy atom. The molecule has 0 aliphatic rings. The third kappa shape index (κ3) is 13.1. The molecule has 0 saturated carbocycles. The molecule has 5 amide bonds. The number of hydrogen-bond donors (Lipinski definition) is 7. The number of benzene rings is 1. The van der Waals surface area contributed by atoms with E-state index in [0.29, 0.717) is 32.2 Å². The molecule has 50 heavy (non-hydrogen) atoms. The fourth-order valence-corrected chi connectivity index (χ4v) is 5.41. The van der Waals surface area contributed by atoms with Crippen molar-refractivity contribution in [3.05, 3.63) is 65.5 Å². The molecule has 7 N–H and O–H groups in total. The van der Waals surface area contributed by atoms with Crippen molar-refractivity contribution in [1.82, 2.24) is 31.9 Å². The lowest BCUT2D eigenvalue weighted by Crippen LogP contribution is -2.58. The van der Waals surface area contributed by atoms with E-state index in [1.807, 2.05) is 72.7 Å². The van der Waals surface area contributed by atoms with Crippen molar-refractivity contribution < 1.29 is 33.9 Å². The number of aryl methyl sites for hydroxylation is 1. The Morgan fingerprint density at radius 2 is 1.44 bits per heavy atom. The van der Waals surface area contributed by atoms with Crippen LogP contribution in [-0.4, -0.2) is 78.0 Å². The van der Waals surface area contributed by atoms with Gasteiger partial charge < -0.3 is 31.9 Å². The number of nitrogens with one attached hydrogen (secondary N) is 6. The molecule has 0 radical (unpaired) electrons. The molecule has 0 bridgehead atoms. The highest BCUT2D eigenvalue weighted by molar-refractivity contribution is 5.98. The lowest BCUT2D eigenvalue weighted by atomic mass is 9.97. The maximum atomic E-state index is 13.8. The summed E-state index contributed by atoms with van der Waals surface area (Å²) in [5.74, 6) is -2.25. The molecule has 1 heterocycles. The van der Waals surface area contributed by atoms with Crippen molar-refractivity contribution in [2.75, 3.05) is 13.1 Å². The van der Waals surface area contributed by atoms with Gasteiger partial charge in [-0.3, -0.25) is 29.2 Å². The lowest BCUT2D eigenvalue weighted by molar-refractivity contribution is -0.904. The van der Waals surface area contributed by atoms with E-state index in [1.54, 1.807) is 6.92 Å². The Morgan fingerprint density at radius 1 is 0.780 bits per heavy atom. The van der Waals surface area contributed by atoms with Crippen molar-refractivity contribution in [2.45, 2.75) is 111 Å². The topological polar surface area (TPSA) is 182 Å². The average Bonchev–Trinajstić information content (AvgIpc) is 3.08. The van der Waals surface area contributed by atoms with Crippen LogP contribution in [0.5, 0.6) is 0 Å². The number of likely N-dealkylation sites (N-methyl/N-ethyl adjacent to an activating group) is 1. The van der Waals surface area contributed by atoms with Crippen LogP contribution in [0.2, 0.25) is 0 Å². The van der Waals surface area contributed by atoms with Gasteiger partial charge in [-0.2, -0.15) is 0 Å². The minimum Gasteiger partial charge on any atom is -0.355 e. The van der Waals surface area contributed by atoms with E-state index in [0.717, 1.165) is 15.9 Å². The standard InChI is InChI=1S/C37H57N7O6/c1-9-14-30(41-37(49)32(24(6)10-2)43-34(46)27-17-19-44(50)20-18-27)35(47)40-29(21-28-16-13-12-15-25(28)7)22-39-26(8)33(45)42-31(23(4)5)36(48)38-11-3/h12-13,15-20,23-24,26,29-32,39H,9-11,14,21-22H2,1-8H3,(H5-,38,40,41,42,43,45,46,47,48,49,50)/p+1/t24-,26-,29-,30-,31-,32-/m0/s1. The zero-order valence-corrected chi connectivity index (χ0v) is 30.8. The lowest BCUT2D eigenvalue weighted by Gasteiger charge is -2.28. The molecule has 13 heteroatoms. The van der Waals surface area contributed by atoms with Gasteiger partial charge in [0.15, 0.2) is 0 Å². The van der Waals surface area contributed by atoms with Crippen molar-refractivity contribution in [2.24, 2.45) is 11.8 Å². The predicted molar refractivity (Wildman–Crippen MR) is 191 cm³/mol. The molecule has 0 saturated heterocycles. The highest BCUT2D eigenvalue weighted by atomic mass is 16.5. The molecule has 1 aromatic carbocycles. The summed E-state index contributed by atoms with van der Waals surface area (Å²) in [6.07, 6.45) is 4.69. The van der Waals surface area contributed by atoms with Crippen LogP contribution in [0, 0.1) is 18.8 Å². The van der Waals surface area contributed by atoms with Gasteiger partial charge in [-0.1, -0.05) is 71.7 Å². The van der Waals surface area contributed by atoms with E-state index in [1.165, 1.54) is 24.5 Å². The Balaban J connectivity index is 2.22. The zero-order chi connectivity index (χ0) is 37.4. The van der Waals surface area contributed by atoms with Gasteiger partial charge in [0.1, 0.15) is 18.1 Å². The highest BCUT2D eigenvalue weighted by Gasteiger charge is 2.31. The summed E-state index contributed by atoms with van der Waals surface area (Å²) in [6.45, 7) is 15.6. The predicted octanol–water partition coefficient (Wildman–Crippen LogP) is 1.93. The summed E-state index contributed by atoms with van der Waals surface area (Å²) >= 11 is 0. The number of carbonyl (C=O) groups is 5. The molecule has 0 spiro atoms. The van der Waals surface area contributed by atoms with E-state index in [-0.39, 0.29) is 41.7 Å². The molecule has 2 aromatic rings. The first kappa shape index (κ1) is 41.7. The minimum atomic E-state index is -0.904. The summed E-state index contributed by atoms with van der Waals surface area (Å²) in [7, 11) is 0. The molecular weight excluding hydrogens is 638 g/mol. The van der Waals surface area contributed by atoms with Crippen LogP contribution in [0.1, 0.15) is 89.2 Å². The quantitative estimate of drug-likeness (QED) is 0.0816. The summed E-state index contributed by atoms with van der Waals surface area (Å²) in [5, 5.41) is 27.1. The number of hydrogen-bond acceptors (Lipinski definition) is 7. The summed E-state index contributed by atoms with van der Waals surface area (Å²) in [6, 6.07) is 7.15. The average molecular weight is 697 g/mol. The molecule has 1 aromatic heterocycles. The zero-order valence-electron chi connectivity index (χ0n) is 30.8. The maximum absolute atomic E-state index is 13.8. The summed E-state index contributed by atoms with van der Waals surface area (Å²) in [4.78, 5) is 66.1. The van der Waals surface area contributed by atoms with E-state index in [9.17, 15) is 29.2 Å². The van der Waals surface area contributed by atoms with E-state index < -0.39 is 42.0 Å². The third-order valence-corrected chi connectivity index (χ3v) is 8.80. The number of rotatable bonds is 20. The Kier molecular flexibility index (Phi) is 17.4. The molecule has 13 nitrogen and oxygen atoms in total. The van der Waals surface area contributed by atoms with Gasteiger partial charge in [-0.15, -0.1) is 0 Å². The van der Waals surface area contributed by atoms with Gasteiger partial charge in [-0.25, -0.2) is 0 Å². The first-order valence-electron chi connectivity index (χ1n) is 17.7. The van der Waals surface area contributed by atoms with Crippen LogP contribution < -0.4 is 36.6 Å². The van der Waals surface area contributed by atoms with Crippen molar-refractivity contribution in [1.29, 1.82) is 0 Å². The fraction of sp³-hybridized carbons (Fsp3) is 0.568. The van der Waals surface area contributed by atoms with Gasteiger partial charge in [-0.05, 0) is 56.6 Å². The van der Waals surface area contributed by atoms with Gasteiger partial charge in [0.2, 0.25) is 36.0 Å². The van der Waals surface area contributed by atoms with Gasteiger partial charge >= 0.3 is 0 Å². The van der Waals surface area contributed by atoms with Gasteiger partial charge in [0, 0.05) is 36.0 Å². The number of nitrogens with zero attached hydrogens (tertiary/aromatic N) is 1. The second kappa shape index (κ2) is 20.9. The molecule has 0 fully saturated rings. The molecular formula is C37H58N7O6+. The maximum Gasteiger partial charge on any atom is 0.252 e. The smallest absolute Gasteiger partial charge is 0.252 e. The van der Waals surface area contributed by atoms with Crippen molar-refractivity contribution >= 4 is 29.5 Å². The van der Waals surface area contributed by atoms with Gasteiger partial charge in [0.25, 0.3) is 5.91 Å². The van der Waals surface area contributed by atoms with Crippen LogP contribution in [-0.2, 0) is 25.6 Å². The Bertz CT molecular complexity index is 1420. The van der Waals surface area contributed by atoms with Crippen LogP contribution in [0.15, 0.2) is 48.8 Å². The molecule has 0 aliphatic heterocycles. The largest absolute Gasteiger partial charge is 0.355 e. The van der Waals surface area contributed by atoms with E-state index in [4.69, 9.17) is 0 Å². The molecule has 0 aliphatic carbocycles. The number of carbonyl (C=O) groups excluding carboxylic acids is 5. The van der Waals surface area contributed by atoms with Crippen LogP contribution in [0.25, 0.3) is 0 Å². The van der Waals surface area contributed by atoms with Crippen molar-refractivity contribution in [3.8, 4) is 0 Å². The molecule has 6 atom stereocenters. The SMILES string of the molecule is CCC[C@H](NC(=O)[C@@H](NC(=O)c1cc[n+](O)cc1)[C@@H](C)CC)C(=O)N[C@H](CN[C@@H](C)C(=O)N[C@H](C(=O)NCC)C(C)C)Cc1ccccc1C. The highest BCUT2D eigenvalue weighted by Crippen LogP contribution is 2.13. The molecule has 2 rings (SSSR count). The summed E-state index contributed by atoms with van der Waals surface area (Å²) in [5.41, 5.74) is 2.35. The second-order valence-corrected chi connectivity index (χ2v) is 13.2. The second-order valence-electron chi connectivity index (χ2n) is 13.2. The first-order valence-corrected chi connectivity index (χ1v) is 17.7. The van der Waals surface area contributed by atoms with Crippen LogP contribution in [0.3, 0.4) is 0 Å². The van der Waals surface area contributed by atoms with Crippen LogP contribution in [0.4, 0.5) is 0 Å². The Hall–Kier alpha value is -4.52. The number of pyridine rings is 1. The first-order chi connectivity index (χ1) is 23.7. The summed E-state index contributed by atoms with van der Waals surface area (Å²) < 4.78 is 0.817. The van der Waals surface area contributed by atoms with Gasteiger partial charge in [0.05, 0.1) is 11.6 Å². The third-order valence-electron chi connectivity index (χ3n) is 8.80. The monoisotopic (exact) mass is 696 g/mol. The molecule has 276 valence electrons. The number of amides is 5. The van der Waals surface area contributed by atoms with Crippen molar-refractivity contribution in [3.63, 3.8) is 0 Å². The fourth-order valence-electron chi connectivity index (χ4n) is 5.41. The van der Waals surface area contributed by atoms with Crippen LogP contribution >= 0.6 is 0 Å². The molecule has 0 unspecified atom stereocenters. The van der Waals surface area contributed by atoms with E-state index in [2.05, 4.69) is 31.9 Å². The van der Waals surface area contributed by atoms with E-state index >= 15 is 0 Å². The Labute approximate surface area is 296 Å². The number of aromatic nitrogens is 1.